The molecule has 4 rings (SSSR count). The molecule has 2 aliphatic rings. The number of carbonyl (C=O) groups excluding carboxylic acids is 2. The SMILES string of the molecule is CNC(=O)c1cc(Cl)c(F)cc1NC(=O)C1(c2ccccc2C(C)C)CN(C2CCOC2)C1. The van der Waals surface area contributed by atoms with E-state index >= 15 is 0 Å². The number of hydrogen-bond acceptors (Lipinski definition) is 4. The van der Waals surface area contributed by atoms with Crippen LogP contribution in [-0.4, -0.2) is 56.1 Å². The normalized spacial score (nSPS) is 19.9. The number of rotatable bonds is 6. The van der Waals surface area contributed by atoms with Crippen molar-refractivity contribution in [2.75, 3.05) is 38.7 Å². The van der Waals surface area contributed by atoms with Gasteiger partial charge in [0.2, 0.25) is 5.91 Å². The van der Waals surface area contributed by atoms with Crippen molar-refractivity contribution in [1.82, 2.24) is 10.2 Å². The zero-order valence-corrected chi connectivity index (χ0v) is 19.8. The predicted octanol–water partition coefficient (Wildman–Crippen LogP) is 3.94. The molecule has 2 aromatic carbocycles. The molecule has 0 aromatic heterocycles. The number of likely N-dealkylation sites (tertiary alicyclic amines) is 1. The van der Waals surface area contributed by atoms with Crippen LogP contribution in [0.1, 0.15) is 47.7 Å². The second-order valence-electron chi connectivity index (χ2n) is 9.09. The van der Waals surface area contributed by atoms with Crippen molar-refractivity contribution >= 4 is 29.1 Å². The Kier molecular flexibility index (Phi) is 6.75. The lowest BCUT2D eigenvalue weighted by Gasteiger charge is -2.52. The number of halogens is 2. The summed E-state index contributed by atoms with van der Waals surface area (Å²) in [4.78, 5) is 28.5. The molecule has 33 heavy (non-hydrogen) atoms. The number of amides is 2. The molecular weight excluding hydrogens is 445 g/mol. The molecule has 0 aliphatic carbocycles. The van der Waals surface area contributed by atoms with Crippen LogP contribution in [0, 0.1) is 5.82 Å². The molecule has 6 nitrogen and oxygen atoms in total. The summed E-state index contributed by atoms with van der Waals surface area (Å²) in [5.74, 6) is -1.20. The summed E-state index contributed by atoms with van der Waals surface area (Å²) in [7, 11) is 1.47. The van der Waals surface area contributed by atoms with E-state index in [1.165, 1.54) is 13.1 Å². The van der Waals surface area contributed by atoms with Crippen LogP contribution < -0.4 is 10.6 Å². The molecule has 2 aliphatic heterocycles. The maximum atomic E-state index is 14.3. The third-order valence-electron chi connectivity index (χ3n) is 6.68. The van der Waals surface area contributed by atoms with Crippen molar-refractivity contribution in [3.05, 3.63) is 63.9 Å². The molecule has 0 saturated carbocycles. The zero-order chi connectivity index (χ0) is 23.8. The molecule has 2 saturated heterocycles. The van der Waals surface area contributed by atoms with E-state index in [1.54, 1.807) is 0 Å². The standard InChI is InChI=1S/C25H29ClFN3O3/c1-15(2)17-6-4-5-7-19(17)25(13-30(14-25)16-8-9-33-12-16)24(32)29-22-11-21(27)20(26)10-18(22)23(31)28-3/h4-7,10-11,15-16H,8-9,12-14H2,1-3H3,(H,28,31)(H,29,32). The van der Waals surface area contributed by atoms with E-state index in [9.17, 15) is 14.0 Å². The molecule has 2 N–H and O–H groups in total. The smallest absolute Gasteiger partial charge is 0.253 e. The first-order chi connectivity index (χ1) is 15.8. The van der Waals surface area contributed by atoms with Gasteiger partial charge in [-0.15, -0.1) is 0 Å². The fourth-order valence-corrected chi connectivity index (χ4v) is 4.97. The second kappa shape index (κ2) is 9.41. The number of carbonyl (C=O) groups is 2. The Balaban J connectivity index is 1.72. The zero-order valence-electron chi connectivity index (χ0n) is 19.1. The third-order valence-corrected chi connectivity index (χ3v) is 6.97. The summed E-state index contributed by atoms with van der Waals surface area (Å²) in [6, 6.07) is 10.6. The fourth-order valence-electron chi connectivity index (χ4n) is 4.80. The molecule has 1 atom stereocenters. The van der Waals surface area contributed by atoms with E-state index in [1.807, 2.05) is 24.3 Å². The molecular formula is C25H29ClFN3O3. The summed E-state index contributed by atoms with van der Waals surface area (Å²) >= 11 is 5.91. The number of nitrogens with zero attached hydrogens (tertiary/aromatic N) is 1. The van der Waals surface area contributed by atoms with Gasteiger partial charge in [-0.3, -0.25) is 14.5 Å². The van der Waals surface area contributed by atoms with Gasteiger partial charge >= 0.3 is 0 Å². The van der Waals surface area contributed by atoms with E-state index < -0.39 is 17.1 Å². The van der Waals surface area contributed by atoms with Crippen molar-refractivity contribution in [1.29, 1.82) is 0 Å². The van der Waals surface area contributed by atoms with Crippen molar-refractivity contribution in [3.8, 4) is 0 Å². The Morgan fingerprint density at radius 1 is 1.24 bits per heavy atom. The summed E-state index contributed by atoms with van der Waals surface area (Å²) < 4.78 is 19.8. The number of hydrogen-bond donors (Lipinski definition) is 2. The summed E-state index contributed by atoms with van der Waals surface area (Å²) in [5, 5.41) is 5.19. The second-order valence-corrected chi connectivity index (χ2v) is 9.50. The van der Waals surface area contributed by atoms with Crippen LogP contribution in [0.15, 0.2) is 36.4 Å². The van der Waals surface area contributed by atoms with Crippen molar-refractivity contribution in [3.63, 3.8) is 0 Å². The lowest BCUT2D eigenvalue weighted by molar-refractivity contribution is -0.129. The van der Waals surface area contributed by atoms with Crippen molar-refractivity contribution in [2.24, 2.45) is 0 Å². The summed E-state index contributed by atoms with van der Waals surface area (Å²) in [6.45, 7) is 6.65. The number of anilines is 1. The molecule has 8 heteroatoms. The molecule has 0 radical (unpaired) electrons. The number of ether oxygens (including phenoxy) is 1. The van der Waals surface area contributed by atoms with Crippen molar-refractivity contribution in [2.45, 2.75) is 37.6 Å². The van der Waals surface area contributed by atoms with Gasteiger partial charge in [0.1, 0.15) is 5.82 Å². The minimum atomic E-state index is -0.820. The Morgan fingerprint density at radius 2 is 1.97 bits per heavy atom. The average Bonchev–Trinajstić information content (AvgIpc) is 3.29. The highest BCUT2D eigenvalue weighted by Crippen LogP contribution is 2.42. The van der Waals surface area contributed by atoms with E-state index in [-0.39, 0.29) is 34.1 Å². The number of nitrogens with one attached hydrogen (secondary N) is 2. The Hall–Kier alpha value is -2.48. The highest BCUT2D eigenvalue weighted by Gasteiger charge is 2.53. The quantitative estimate of drug-likeness (QED) is 0.666. The molecule has 0 bridgehead atoms. The maximum Gasteiger partial charge on any atom is 0.253 e. The molecule has 176 valence electrons. The Bertz CT molecular complexity index is 1060. The van der Waals surface area contributed by atoms with Gasteiger partial charge in [-0.2, -0.15) is 0 Å². The van der Waals surface area contributed by atoms with Crippen LogP contribution >= 0.6 is 11.6 Å². The first-order valence-corrected chi connectivity index (χ1v) is 11.6. The lowest BCUT2D eigenvalue weighted by Crippen LogP contribution is -2.67. The number of benzene rings is 2. The Morgan fingerprint density at radius 3 is 2.61 bits per heavy atom. The van der Waals surface area contributed by atoms with E-state index in [4.69, 9.17) is 16.3 Å². The minimum absolute atomic E-state index is 0.102. The fraction of sp³-hybridized carbons (Fsp3) is 0.440. The monoisotopic (exact) mass is 473 g/mol. The van der Waals surface area contributed by atoms with Gasteiger partial charge in [-0.1, -0.05) is 49.7 Å². The lowest BCUT2D eigenvalue weighted by atomic mass is 9.69. The first-order valence-electron chi connectivity index (χ1n) is 11.2. The molecule has 2 fully saturated rings. The highest BCUT2D eigenvalue weighted by molar-refractivity contribution is 6.31. The predicted molar refractivity (Wildman–Crippen MR) is 126 cm³/mol. The van der Waals surface area contributed by atoms with Crippen LogP contribution in [0.3, 0.4) is 0 Å². The summed E-state index contributed by atoms with van der Waals surface area (Å²) in [5.41, 5.74) is 1.46. The van der Waals surface area contributed by atoms with Crippen molar-refractivity contribution < 1.29 is 18.7 Å². The van der Waals surface area contributed by atoms with Crippen LogP contribution in [0.25, 0.3) is 0 Å². The molecule has 2 heterocycles. The van der Waals surface area contributed by atoms with Gasteiger partial charge in [0.25, 0.3) is 5.91 Å². The van der Waals surface area contributed by atoms with E-state index in [2.05, 4.69) is 29.4 Å². The van der Waals surface area contributed by atoms with E-state index in [0.717, 1.165) is 30.2 Å². The first kappa shape index (κ1) is 23.7. The van der Waals surface area contributed by atoms with Crippen LogP contribution in [0.2, 0.25) is 5.02 Å². The minimum Gasteiger partial charge on any atom is -0.380 e. The molecule has 0 spiro atoms. The summed E-state index contributed by atoms with van der Waals surface area (Å²) in [6.07, 6.45) is 0.937. The van der Waals surface area contributed by atoms with Crippen LogP contribution in [0.4, 0.5) is 10.1 Å². The molecule has 2 aromatic rings. The van der Waals surface area contributed by atoms with Gasteiger partial charge < -0.3 is 15.4 Å². The van der Waals surface area contributed by atoms with Gasteiger partial charge in [0, 0.05) is 32.8 Å². The Labute approximate surface area is 198 Å². The maximum absolute atomic E-state index is 14.3. The van der Waals surface area contributed by atoms with Gasteiger partial charge in [0.05, 0.1) is 28.3 Å². The van der Waals surface area contributed by atoms with Gasteiger partial charge in [-0.05, 0) is 35.6 Å². The largest absolute Gasteiger partial charge is 0.380 e. The molecule has 2 amide bonds. The van der Waals surface area contributed by atoms with Gasteiger partial charge in [-0.25, -0.2) is 4.39 Å². The van der Waals surface area contributed by atoms with Crippen LogP contribution in [-0.2, 0) is 14.9 Å². The average molecular weight is 474 g/mol. The topological polar surface area (TPSA) is 70.7 Å². The highest BCUT2D eigenvalue weighted by atomic mass is 35.5. The van der Waals surface area contributed by atoms with Crippen LogP contribution in [0.5, 0.6) is 0 Å². The molecule has 1 unspecified atom stereocenters. The van der Waals surface area contributed by atoms with Gasteiger partial charge in [0.15, 0.2) is 0 Å². The third kappa shape index (κ3) is 4.37. The van der Waals surface area contributed by atoms with E-state index in [0.29, 0.717) is 19.7 Å².